The van der Waals surface area contributed by atoms with Crippen LogP contribution in [0, 0.1) is 23.4 Å². The smallest absolute Gasteiger partial charge is 0.227 e. The van der Waals surface area contributed by atoms with Crippen LogP contribution in [-0.4, -0.2) is 67.4 Å². The van der Waals surface area contributed by atoms with E-state index in [4.69, 9.17) is 0 Å². The van der Waals surface area contributed by atoms with Crippen molar-refractivity contribution >= 4 is 5.91 Å². The highest BCUT2D eigenvalue weighted by molar-refractivity contribution is 5.78. The zero-order chi connectivity index (χ0) is 23.1. The van der Waals surface area contributed by atoms with Crippen LogP contribution in [0.4, 0.5) is 13.2 Å². The van der Waals surface area contributed by atoms with Gasteiger partial charge in [0.05, 0.1) is 6.42 Å². The predicted molar refractivity (Wildman–Crippen MR) is 120 cm³/mol. The molecule has 1 atom stereocenters. The minimum absolute atomic E-state index is 0.0380. The molecule has 1 saturated heterocycles. The van der Waals surface area contributed by atoms with Crippen molar-refractivity contribution in [2.45, 2.75) is 25.8 Å². The number of benzene rings is 2. The van der Waals surface area contributed by atoms with Crippen LogP contribution in [0.5, 0.6) is 0 Å². The fourth-order valence-corrected chi connectivity index (χ4v) is 4.20. The van der Waals surface area contributed by atoms with Crippen molar-refractivity contribution in [1.82, 2.24) is 14.7 Å². The third-order valence-corrected chi connectivity index (χ3v) is 5.94. The summed E-state index contributed by atoms with van der Waals surface area (Å²) in [6.45, 7) is 4.15. The van der Waals surface area contributed by atoms with Crippen LogP contribution >= 0.6 is 0 Å². The third-order valence-electron chi connectivity index (χ3n) is 5.94. The van der Waals surface area contributed by atoms with Gasteiger partial charge in [-0.2, -0.15) is 0 Å². The van der Waals surface area contributed by atoms with Crippen molar-refractivity contribution in [2.24, 2.45) is 5.92 Å². The van der Waals surface area contributed by atoms with Gasteiger partial charge in [0.15, 0.2) is 11.6 Å². The number of amides is 1. The van der Waals surface area contributed by atoms with Crippen molar-refractivity contribution in [3.63, 3.8) is 0 Å². The number of likely N-dealkylation sites (N-methyl/N-ethyl adjacent to an activating group) is 1. The molecule has 174 valence electrons. The van der Waals surface area contributed by atoms with E-state index in [2.05, 4.69) is 4.90 Å². The lowest BCUT2D eigenvalue weighted by atomic mass is 9.96. The Morgan fingerprint density at radius 3 is 2.53 bits per heavy atom. The molecule has 0 spiro atoms. The number of hydrogen-bond acceptors (Lipinski definition) is 3. The molecule has 1 aliphatic rings. The maximum absolute atomic E-state index is 14.1. The zero-order valence-electron chi connectivity index (χ0n) is 18.9. The Hall–Kier alpha value is -2.38. The summed E-state index contributed by atoms with van der Waals surface area (Å²) in [5, 5.41) is 0. The summed E-state index contributed by atoms with van der Waals surface area (Å²) in [6, 6.07) is 10.4. The number of likely N-dealkylation sites (tertiary alicyclic amines) is 1. The average Bonchev–Trinajstić information content (AvgIpc) is 2.75. The Labute approximate surface area is 188 Å². The Morgan fingerprint density at radius 2 is 1.81 bits per heavy atom. The number of nitrogens with zero attached hydrogens (tertiary/aromatic N) is 3. The van der Waals surface area contributed by atoms with Gasteiger partial charge in [0.1, 0.15) is 5.82 Å². The lowest BCUT2D eigenvalue weighted by molar-refractivity contribution is -0.131. The molecule has 2 aromatic rings. The molecule has 0 radical (unpaired) electrons. The molecule has 0 bridgehead atoms. The van der Waals surface area contributed by atoms with Crippen molar-refractivity contribution in [2.75, 3.05) is 46.8 Å². The molecule has 1 amide bonds. The largest absolute Gasteiger partial charge is 0.341 e. The van der Waals surface area contributed by atoms with Gasteiger partial charge in [-0.3, -0.25) is 9.69 Å². The molecule has 0 N–H and O–H groups in total. The van der Waals surface area contributed by atoms with Gasteiger partial charge in [0, 0.05) is 38.3 Å². The monoisotopic (exact) mass is 447 g/mol. The molecule has 1 aliphatic heterocycles. The van der Waals surface area contributed by atoms with Crippen LogP contribution in [0.2, 0.25) is 0 Å². The quantitative estimate of drug-likeness (QED) is 0.583. The minimum Gasteiger partial charge on any atom is -0.341 e. The van der Waals surface area contributed by atoms with Crippen molar-refractivity contribution in [3.8, 4) is 0 Å². The first-order valence-corrected chi connectivity index (χ1v) is 11.1. The molecular formula is C25H32F3N3O. The SMILES string of the molecule is CN(C)CCN(C[C@@H]1CCCN(Cc2ccccc2F)C1)C(=O)Cc1ccc(F)c(F)c1. The standard InChI is InChI=1S/C25H32F3N3O/c1-29(2)12-13-31(25(32)15-19-9-10-23(27)24(28)14-19)17-20-6-5-11-30(16-20)18-21-7-3-4-8-22(21)26/h3-4,7-10,14,20H,5-6,11-13,15-18H2,1-2H3/t20-/m1/s1. The summed E-state index contributed by atoms with van der Waals surface area (Å²) >= 11 is 0. The molecule has 3 rings (SSSR count). The third kappa shape index (κ3) is 7.07. The predicted octanol–water partition coefficient (Wildman–Crippen LogP) is 3.95. The summed E-state index contributed by atoms with van der Waals surface area (Å²) in [5.41, 5.74) is 1.15. The van der Waals surface area contributed by atoms with Crippen LogP contribution in [0.3, 0.4) is 0 Å². The van der Waals surface area contributed by atoms with Gasteiger partial charge in [-0.05, 0) is 63.2 Å². The molecule has 0 aliphatic carbocycles. The highest BCUT2D eigenvalue weighted by Crippen LogP contribution is 2.21. The van der Waals surface area contributed by atoms with Gasteiger partial charge < -0.3 is 9.80 Å². The molecule has 32 heavy (non-hydrogen) atoms. The fraction of sp³-hybridized carbons (Fsp3) is 0.480. The molecule has 0 aromatic heterocycles. The first kappa shape index (κ1) is 24.3. The van der Waals surface area contributed by atoms with Crippen LogP contribution < -0.4 is 0 Å². The zero-order valence-corrected chi connectivity index (χ0v) is 18.9. The molecule has 2 aromatic carbocycles. The number of rotatable bonds is 9. The molecule has 4 nitrogen and oxygen atoms in total. The van der Waals surface area contributed by atoms with E-state index in [1.807, 2.05) is 36.0 Å². The van der Waals surface area contributed by atoms with Gasteiger partial charge >= 0.3 is 0 Å². The van der Waals surface area contributed by atoms with Crippen molar-refractivity contribution < 1.29 is 18.0 Å². The average molecular weight is 448 g/mol. The number of halogens is 3. The number of piperidine rings is 1. The molecule has 7 heteroatoms. The highest BCUT2D eigenvalue weighted by atomic mass is 19.2. The van der Waals surface area contributed by atoms with Crippen LogP contribution in [0.1, 0.15) is 24.0 Å². The Balaban J connectivity index is 1.63. The van der Waals surface area contributed by atoms with Gasteiger partial charge in [0.2, 0.25) is 5.91 Å². The van der Waals surface area contributed by atoms with Crippen LogP contribution in [-0.2, 0) is 17.8 Å². The topological polar surface area (TPSA) is 26.8 Å². The first-order chi connectivity index (χ1) is 15.3. The van der Waals surface area contributed by atoms with Gasteiger partial charge in [0.25, 0.3) is 0 Å². The Morgan fingerprint density at radius 1 is 1.03 bits per heavy atom. The lowest BCUT2D eigenvalue weighted by Crippen LogP contribution is -2.45. The molecule has 1 heterocycles. The summed E-state index contributed by atoms with van der Waals surface area (Å²) in [7, 11) is 3.91. The second-order valence-corrected chi connectivity index (χ2v) is 8.90. The first-order valence-electron chi connectivity index (χ1n) is 11.1. The van der Waals surface area contributed by atoms with E-state index < -0.39 is 11.6 Å². The number of hydrogen-bond donors (Lipinski definition) is 0. The Bertz CT molecular complexity index is 906. The van der Waals surface area contributed by atoms with Gasteiger partial charge in [-0.25, -0.2) is 13.2 Å². The van der Waals surface area contributed by atoms with Crippen molar-refractivity contribution in [3.05, 3.63) is 71.0 Å². The summed E-state index contributed by atoms with van der Waals surface area (Å²) in [6.07, 6.45) is 2.04. The number of carbonyl (C=O) groups excluding carboxylic acids is 1. The number of carbonyl (C=O) groups is 1. The Kier molecular flexibility index (Phi) is 8.70. The highest BCUT2D eigenvalue weighted by Gasteiger charge is 2.25. The van der Waals surface area contributed by atoms with E-state index >= 15 is 0 Å². The van der Waals surface area contributed by atoms with Crippen molar-refractivity contribution in [1.29, 1.82) is 0 Å². The van der Waals surface area contributed by atoms with Crippen LogP contribution in [0.15, 0.2) is 42.5 Å². The maximum atomic E-state index is 14.1. The maximum Gasteiger partial charge on any atom is 0.227 e. The summed E-state index contributed by atoms with van der Waals surface area (Å²) in [5.74, 6) is -1.85. The molecule has 0 unspecified atom stereocenters. The van der Waals surface area contributed by atoms with E-state index in [1.54, 1.807) is 6.07 Å². The lowest BCUT2D eigenvalue weighted by Gasteiger charge is -2.36. The minimum atomic E-state index is -0.939. The second-order valence-electron chi connectivity index (χ2n) is 8.90. The fourth-order valence-electron chi connectivity index (χ4n) is 4.20. The van der Waals surface area contributed by atoms with Gasteiger partial charge in [-0.15, -0.1) is 0 Å². The second kappa shape index (κ2) is 11.5. The van der Waals surface area contributed by atoms with E-state index in [9.17, 15) is 18.0 Å². The molecule has 1 fully saturated rings. The molecule has 0 saturated carbocycles. The van der Waals surface area contributed by atoms with E-state index in [-0.39, 0.29) is 24.1 Å². The van der Waals surface area contributed by atoms with Gasteiger partial charge in [-0.1, -0.05) is 24.3 Å². The summed E-state index contributed by atoms with van der Waals surface area (Å²) < 4.78 is 40.9. The normalized spacial score (nSPS) is 17.0. The van der Waals surface area contributed by atoms with E-state index in [0.717, 1.165) is 44.6 Å². The van der Waals surface area contributed by atoms with Crippen LogP contribution in [0.25, 0.3) is 0 Å². The summed E-state index contributed by atoms with van der Waals surface area (Å²) in [4.78, 5) is 19.1. The van der Waals surface area contributed by atoms with E-state index in [0.29, 0.717) is 30.8 Å². The van der Waals surface area contributed by atoms with E-state index in [1.165, 1.54) is 12.1 Å². The molecular weight excluding hydrogens is 415 g/mol.